The van der Waals surface area contributed by atoms with Gasteiger partial charge in [-0.2, -0.15) is 5.26 Å². The molecular weight excluding hydrogens is 396 g/mol. The van der Waals surface area contributed by atoms with E-state index in [1.54, 1.807) is 4.90 Å². The summed E-state index contributed by atoms with van der Waals surface area (Å²) in [5, 5.41) is 15.3. The Bertz CT molecular complexity index is 806. The quantitative estimate of drug-likeness (QED) is 0.661. The van der Waals surface area contributed by atoms with Crippen LogP contribution in [0.25, 0.3) is 0 Å². The summed E-state index contributed by atoms with van der Waals surface area (Å²) in [7, 11) is 0. The van der Waals surface area contributed by atoms with Crippen LogP contribution < -0.4 is 10.6 Å². The van der Waals surface area contributed by atoms with Gasteiger partial charge in [0.1, 0.15) is 5.54 Å². The molecule has 1 saturated heterocycles. The van der Waals surface area contributed by atoms with Crippen LogP contribution in [0, 0.1) is 17.2 Å². The zero-order chi connectivity index (χ0) is 22.9. The Morgan fingerprint density at radius 2 is 2.00 bits per heavy atom. The van der Waals surface area contributed by atoms with Gasteiger partial charge < -0.3 is 20.3 Å². The third-order valence-corrected chi connectivity index (χ3v) is 5.27. The zero-order valence-corrected chi connectivity index (χ0v) is 18.5. The van der Waals surface area contributed by atoms with Gasteiger partial charge in [-0.3, -0.25) is 9.59 Å². The average Bonchev–Trinajstić information content (AvgIpc) is 2.91. The molecular formula is C23H32N4O4. The Labute approximate surface area is 183 Å². The molecule has 168 valence electrons. The summed E-state index contributed by atoms with van der Waals surface area (Å²) in [5.41, 5.74) is -0.284. The fourth-order valence-corrected chi connectivity index (χ4v) is 3.60. The Morgan fingerprint density at radius 3 is 2.61 bits per heavy atom. The summed E-state index contributed by atoms with van der Waals surface area (Å²) in [4.78, 5) is 39.1. The van der Waals surface area contributed by atoms with Crippen molar-refractivity contribution in [3.05, 3.63) is 35.9 Å². The number of likely N-dealkylation sites (tertiary alicyclic amines) is 1. The second-order valence-corrected chi connectivity index (χ2v) is 8.31. The van der Waals surface area contributed by atoms with Crippen molar-refractivity contribution in [3.8, 4) is 6.07 Å². The highest BCUT2D eigenvalue weighted by Crippen LogP contribution is 2.22. The standard InChI is InChI=1S/C23H32N4O4/c1-4-27-16-23(15-24,12-8-11-20(27)28)26-21(29)19(13-17(2)3)31-22(30)25-14-18-9-6-5-7-10-18/h5-7,9-10,17,19H,4,8,11-14,16H2,1-3H3,(H,25,30)(H,26,29)/t19-,23?/m0/s1. The number of nitrogens with one attached hydrogen (secondary N) is 2. The largest absolute Gasteiger partial charge is 0.436 e. The van der Waals surface area contributed by atoms with E-state index in [1.807, 2.05) is 51.1 Å². The molecule has 1 unspecified atom stereocenters. The third-order valence-electron chi connectivity index (χ3n) is 5.27. The first-order valence-electron chi connectivity index (χ1n) is 10.8. The molecule has 1 aromatic carbocycles. The molecule has 31 heavy (non-hydrogen) atoms. The van der Waals surface area contributed by atoms with Crippen molar-refractivity contribution in [2.75, 3.05) is 13.1 Å². The van der Waals surface area contributed by atoms with Crippen molar-refractivity contribution in [1.29, 1.82) is 5.26 Å². The van der Waals surface area contributed by atoms with Crippen LogP contribution in [-0.4, -0.2) is 47.5 Å². The molecule has 8 heteroatoms. The molecule has 0 aromatic heterocycles. The number of amides is 3. The first-order valence-corrected chi connectivity index (χ1v) is 10.8. The van der Waals surface area contributed by atoms with Crippen molar-refractivity contribution in [2.24, 2.45) is 5.92 Å². The minimum Gasteiger partial charge on any atom is -0.436 e. The lowest BCUT2D eigenvalue weighted by molar-refractivity contribution is -0.134. The number of nitrogens with zero attached hydrogens (tertiary/aromatic N) is 2. The number of hydrogen-bond acceptors (Lipinski definition) is 5. The van der Waals surface area contributed by atoms with Gasteiger partial charge in [-0.05, 0) is 37.7 Å². The van der Waals surface area contributed by atoms with Gasteiger partial charge >= 0.3 is 6.09 Å². The van der Waals surface area contributed by atoms with E-state index in [0.717, 1.165) is 5.56 Å². The summed E-state index contributed by atoms with van der Waals surface area (Å²) >= 11 is 0. The van der Waals surface area contributed by atoms with Crippen molar-refractivity contribution in [1.82, 2.24) is 15.5 Å². The molecule has 0 bridgehead atoms. The lowest BCUT2D eigenvalue weighted by Gasteiger charge is -2.32. The average molecular weight is 429 g/mol. The summed E-state index contributed by atoms with van der Waals surface area (Å²) in [6.45, 7) is 6.56. The van der Waals surface area contributed by atoms with E-state index in [9.17, 15) is 19.6 Å². The predicted molar refractivity (Wildman–Crippen MR) is 116 cm³/mol. The van der Waals surface area contributed by atoms with Crippen LogP contribution in [0.15, 0.2) is 30.3 Å². The molecule has 1 fully saturated rings. The number of carbonyl (C=O) groups excluding carboxylic acids is 3. The van der Waals surface area contributed by atoms with Crippen molar-refractivity contribution in [2.45, 2.75) is 64.6 Å². The minimum atomic E-state index is -1.20. The molecule has 0 saturated carbocycles. The summed E-state index contributed by atoms with van der Waals surface area (Å²) in [6.07, 6.45) is -0.177. The Hall–Kier alpha value is -3.08. The summed E-state index contributed by atoms with van der Waals surface area (Å²) in [5.74, 6) is -0.446. The second-order valence-electron chi connectivity index (χ2n) is 8.31. The van der Waals surface area contributed by atoms with Gasteiger partial charge in [0.05, 0.1) is 12.6 Å². The van der Waals surface area contributed by atoms with Gasteiger partial charge in [-0.25, -0.2) is 4.79 Å². The molecule has 2 rings (SSSR count). The third kappa shape index (κ3) is 7.28. The minimum absolute atomic E-state index is 0.0239. The van der Waals surface area contributed by atoms with Crippen LogP contribution in [0.5, 0.6) is 0 Å². The van der Waals surface area contributed by atoms with E-state index in [2.05, 4.69) is 16.7 Å². The van der Waals surface area contributed by atoms with E-state index in [0.29, 0.717) is 32.2 Å². The highest BCUT2D eigenvalue weighted by atomic mass is 16.6. The van der Waals surface area contributed by atoms with Crippen molar-refractivity contribution >= 4 is 17.9 Å². The maximum Gasteiger partial charge on any atom is 0.408 e. The smallest absolute Gasteiger partial charge is 0.408 e. The fourth-order valence-electron chi connectivity index (χ4n) is 3.60. The number of ether oxygens (including phenoxy) is 1. The number of benzene rings is 1. The Morgan fingerprint density at radius 1 is 1.29 bits per heavy atom. The summed E-state index contributed by atoms with van der Waals surface area (Å²) < 4.78 is 5.43. The topological polar surface area (TPSA) is 112 Å². The molecule has 0 spiro atoms. The van der Waals surface area contributed by atoms with E-state index in [4.69, 9.17) is 4.74 Å². The molecule has 2 N–H and O–H groups in total. The molecule has 1 aliphatic rings. The van der Waals surface area contributed by atoms with E-state index in [-0.39, 0.29) is 24.9 Å². The van der Waals surface area contributed by atoms with Crippen LogP contribution >= 0.6 is 0 Å². The predicted octanol–water partition coefficient (Wildman–Crippen LogP) is 2.74. The van der Waals surface area contributed by atoms with Crippen molar-refractivity contribution in [3.63, 3.8) is 0 Å². The van der Waals surface area contributed by atoms with Crippen LogP contribution in [0.3, 0.4) is 0 Å². The van der Waals surface area contributed by atoms with Gasteiger partial charge in [0.2, 0.25) is 5.91 Å². The number of nitriles is 1. The van der Waals surface area contributed by atoms with E-state index >= 15 is 0 Å². The van der Waals surface area contributed by atoms with Crippen LogP contribution in [-0.2, 0) is 20.9 Å². The monoisotopic (exact) mass is 428 g/mol. The molecule has 1 heterocycles. The maximum absolute atomic E-state index is 13.0. The number of alkyl carbamates (subject to hydrolysis) is 1. The van der Waals surface area contributed by atoms with Crippen LogP contribution in [0.1, 0.15) is 52.0 Å². The SMILES string of the molecule is CCN1CC(C#N)(NC(=O)[C@H](CC(C)C)OC(=O)NCc2ccccc2)CCCC1=O. The van der Waals surface area contributed by atoms with Gasteiger partial charge in [-0.1, -0.05) is 44.2 Å². The zero-order valence-electron chi connectivity index (χ0n) is 18.5. The first-order chi connectivity index (χ1) is 14.8. The number of carbonyl (C=O) groups is 3. The highest BCUT2D eigenvalue weighted by Gasteiger charge is 2.39. The van der Waals surface area contributed by atoms with Gasteiger partial charge in [0, 0.05) is 19.5 Å². The molecule has 1 aliphatic heterocycles. The van der Waals surface area contributed by atoms with Crippen molar-refractivity contribution < 1.29 is 19.1 Å². The van der Waals surface area contributed by atoms with Gasteiger partial charge in [-0.15, -0.1) is 0 Å². The fraction of sp³-hybridized carbons (Fsp3) is 0.565. The normalized spacial score (nSPS) is 19.8. The molecule has 2 atom stereocenters. The van der Waals surface area contributed by atoms with E-state index < -0.39 is 23.6 Å². The molecule has 0 aliphatic carbocycles. The molecule has 8 nitrogen and oxygen atoms in total. The lowest BCUT2D eigenvalue weighted by Crippen LogP contribution is -2.57. The molecule has 3 amide bonds. The first kappa shape index (κ1) is 24.2. The van der Waals surface area contributed by atoms with E-state index in [1.165, 1.54) is 0 Å². The second kappa shape index (κ2) is 11.3. The Kier molecular flexibility index (Phi) is 8.86. The van der Waals surface area contributed by atoms with Crippen LogP contribution in [0.2, 0.25) is 0 Å². The summed E-state index contributed by atoms with van der Waals surface area (Å²) in [6, 6.07) is 11.6. The van der Waals surface area contributed by atoms with Crippen LogP contribution in [0.4, 0.5) is 4.79 Å². The Balaban J connectivity index is 2.06. The highest BCUT2D eigenvalue weighted by molar-refractivity contribution is 5.85. The van der Waals surface area contributed by atoms with Gasteiger partial charge in [0.15, 0.2) is 6.10 Å². The number of hydrogen-bond donors (Lipinski definition) is 2. The maximum atomic E-state index is 13.0. The van der Waals surface area contributed by atoms with Gasteiger partial charge in [0.25, 0.3) is 5.91 Å². The molecule has 0 radical (unpaired) electrons. The number of rotatable bonds is 8. The molecule has 1 aromatic rings. The lowest BCUT2D eigenvalue weighted by atomic mass is 9.94. The number of likely N-dealkylation sites (N-methyl/N-ethyl adjacent to an activating group) is 1.